The molecule has 0 fully saturated rings. The van der Waals surface area contributed by atoms with Crippen molar-refractivity contribution in [2.75, 3.05) is 6.61 Å². The van der Waals surface area contributed by atoms with Crippen molar-refractivity contribution in [3.05, 3.63) is 59.6 Å². The summed E-state index contributed by atoms with van der Waals surface area (Å²) < 4.78 is 33.4. The van der Waals surface area contributed by atoms with Crippen molar-refractivity contribution in [3.8, 4) is 22.9 Å². The number of benzene rings is 1. The maximum atomic E-state index is 14.1. The van der Waals surface area contributed by atoms with Crippen LogP contribution in [0.4, 0.5) is 9.18 Å². The van der Waals surface area contributed by atoms with Gasteiger partial charge in [-0.15, -0.1) is 0 Å². The summed E-state index contributed by atoms with van der Waals surface area (Å²) in [6.07, 6.45) is 2.65. The largest absolute Gasteiger partial charge is 0.444 e. The topological polar surface area (TPSA) is 87.5 Å². The average Bonchev–Trinajstić information content (AvgIpc) is 3.26. The van der Waals surface area contributed by atoms with Gasteiger partial charge in [0.05, 0.1) is 29.9 Å². The smallest absolute Gasteiger partial charge is 0.408 e. The first-order chi connectivity index (χ1) is 18.0. The third kappa shape index (κ3) is 9.05. The zero-order chi connectivity index (χ0) is 29.0. The monoisotopic (exact) mass is 576 g/mol. The van der Waals surface area contributed by atoms with Crippen LogP contribution in [0.15, 0.2) is 48.8 Å². The minimum Gasteiger partial charge on any atom is -0.444 e. The van der Waals surface area contributed by atoms with Crippen molar-refractivity contribution in [1.82, 2.24) is 20.1 Å². The summed E-state index contributed by atoms with van der Waals surface area (Å²) in [6.45, 7) is 17.0. The van der Waals surface area contributed by atoms with Gasteiger partial charge in [-0.1, -0.05) is 44.5 Å². The highest BCUT2D eigenvalue weighted by molar-refractivity contribution is 6.74. The summed E-state index contributed by atoms with van der Waals surface area (Å²) in [7, 11) is -2.05. The molecular formula is C28H38ClFN4O4Si. The van der Waals surface area contributed by atoms with E-state index in [1.54, 1.807) is 22.9 Å². The predicted octanol–water partition coefficient (Wildman–Crippen LogP) is 7.45. The van der Waals surface area contributed by atoms with Crippen LogP contribution in [-0.4, -0.2) is 47.4 Å². The fraction of sp³-hybridized carbons (Fsp3) is 0.464. The molecule has 2 heterocycles. The van der Waals surface area contributed by atoms with Gasteiger partial charge in [-0.2, -0.15) is 5.10 Å². The first kappa shape index (κ1) is 30.6. The number of nitrogens with one attached hydrogen (secondary N) is 1. The Kier molecular flexibility index (Phi) is 9.46. The number of hydrogen-bond donors (Lipinski definition) is 1. The molecule has 0 aliphatic carbocycles. The molecule has 3 rings (SSSR count). The Morgan fingerprint density at radius 3 is 2.51 bits per heavy atom. The van der Waals surface area contributed by atoms with E-state index in [2.05, 4.69) is 44.2 Å². The number of pyridine rings is 1. The zero-order valence-corrected chi connectivity index (χ0v) is 25.6. The van der Waals surface area contributed by atoms with E-state index in [1.807, 2.05) is 39.1 Å². The summed E-state index contributed by atoms with van der Waals surface area (Å²) in [5.41, 5.74) is 0.840. The van der Waals surface area contributed by atoms with Crippen LogP contribution in [-0.2, 0) is 15.7 Å². The highest BCUT2D eigenvalue weighted by atomic mass is 35.5. The van der Waals surface area contributed by atoms with E-state index in [1.165, 1.54) is 6.20 Å². The zero-order valence-electron chi connectivity index (χ0n) is 23.8. The third-order valence-corrected chi connectivity index (χ3v) is 11.0. The molecule has 0 aliphatic rings. The number of rotatable bonds is 9. The van der Waals surface area contributed by atoms with Gasteiger partial charge in [0.15, 0.2) is 14.1 Å². The molecule has 39 heavy (non-hydrogen) atoms. The van der Waals surface area contributed by atoms with Crippen molar-refractivity contribution < 1.29 is 23.1 Å². The number of hydrogen-bond acceptors (Lipinski definition) is 6. The van der Waals surface area contributed by atoms with Crippen molar-refractivity contribution in [2.24, 2.45) is 0 Å². The highest BCUT2D eigenvalue weighted by Gasteiger charge is 2.38. The van der Waals surface area contributed by atoms with Gasteiger partial charge >= 0.3 is 6.09 Å². The molecule has 212 valence electrons. The lowest BCUT2D eigenvalue weighted by molar-refractivity contribution is 0.0477. The Morgan fingerprint density at radius 2 is 1.87 bits per heavy atom. The van der Waals surface area contributed by atoms with Gasteiger partial charge < -0.3 is 19.2 Å². The molecule has 0 spiro atoms. The predicted molar refractivity (Wildman–Crippen MR) is 153 cm³/mol. The van der Waals surface area contributed by atoms with Crippen LogP contribution in [0, 0.1) is 5.82 Å². The molecule has 1 N–H and O–H groups in total. The molecule has 0 saturated carbocycles. The van der Waals surface area contributed by atoms with E-state index < -0.39 is 25.8 Å². The minimum atomic E-state index is -2.05. The van der Waals surface area contributed by atoms with Gasteiger partial charge in [0.2, 0.25) is 0 Å². The fourth-order valence-corrected chi connectivity index (χ4v) is 4.49. The molecule has 8 nitrogen and oxygen atoms in total. The average molecular weight is 577 g/mol. The molecule has 1 unspecified atom stereocenters. The van der Waals surface area contributed by atoms with Crippen LogP contribution < -0.4 is 10.1 Å². The van der Waals surface area contributed by atoms with Crippen molar-refractivity contribution in [3.63, 3.8) is 0 Å². The lowest BCUT2D eigenvalue weighted by atomic mass is 10.1. The van der Waals surface area contributed by atoms with Gasteiger partial charge in [-0.05, 0) is 63.2 Å². The Hall–Kier alpha value is -2.95. The van der Waals surface area contributed by atoms with E-state index in [0.29, 0.717) is 24.6 Å². The van der Waals surface area contributed by atoms with Gasteiger partial charge in [-0.25, -0.2) is 14.2 Å². The molecule has 0 bridgehead atoms. The number of alkyl carbamates (subject to hydrolysis) is 1. The summed E-state index contributed by atoms with van der Waals surface area (Å²) in [6, 6.07) is 9.76. The number of carbonyl (C=O) groups excluding carboxylic acids is 1. The molecule has 0 saturated heterocycles. The molecule has 1 aromatic carbocycles. The number of carbonyl (C=O) groups is 1. The second kappa shape index (κ2) is 12.1. The molecular weight excluding hydrogens is 539 g/mol. The molecule has 1 amide bonds. The Balaban J connectivity index is 1.76. The van der Waals surface area contributed by atoms with Gasteiger partial charge in [0, 0.05) is 18.0 Å². The lowest BCUT2D eigenvalue weighted by Gasteiger charge is -2.37. The summed E-state index contributed by atoms with van der Waals surface area (Å²) in [4.78, 5) is 16.5. The summed E-state index contributed by atoms with van der Waals surface area (Å²) in [5, 5.41) is 7.85. The lowest BCUT2D eigenvalue weighted by Crippen LogP contribution is -2.48. The number of halogens is 2. The summed E-state index contributed by atoms with van der Waals surface area (Å²) in [5.74, 6) is -0.413. The highest BCUT2D eigenvalue weighted by Crippen LogP contribution is 2.36. The molecule has 11 heteroatoms. The summed E-state index contributed by atoms with van der Waals surface area (Å²) >= 11 is 5.78. The standard InChI is InChI=1S/C28H38ClFN4O4Si/c1-27(2,3)38-26(35)32-21(18-36-39(7,8)28(4,5)6)17-34-13-12-24(33-34)19-10-9-11-22(14-19)37-25-23(30)15-20(29)16-31-25/h9-16,21H,17-18H2,1-8H3,(H,32,35). The van der Waals surface area contributed by atoms with Gasteiger partial charge in [0.1, 0.15) is 11.4 Å². The van der Waals surface area contributed by atoms with Crippen LogP contribution in [0.5, 0.6) is 11.6 Å². The van der Waals surface area contributed by atoms with Crippen LogP contribution in [0.25, 0.3) is 11.3 Å². The minimum absolute atomic E-state index is 0.0277. The quantitative estimate of drug-likeness (QED) is 0.266. The second-order valence-corrected chi connectivity index (χ2v) is 17.2. The van der Waals surface area contributed by atoms with E-state index in [0.717, 1.165) is 11.6 Å². The van der Waals surface area contributed by atoms with Crippen molar-refractivity contribution in [1.29, 1.82) is 0 Å². The van der Waals surface area contributed by atoms with Gasteiger partial charge in [-0.3, -0.25) is 4.68 Å². The first-order valence-electron chi connectivity index (χ1n) is 12.8. The van der Waals surface area contributed by atoms with Gasteiger partial charge in [0.25, 0.3) is 5.88 Å². The first-order valence-corrected chi connectivity index (χ1v) is 16.1. The fourth-order valence-electron chi connectivity index (χ4n) is 3.29. The van der Waals surface area contributed by atoms with Crippen LogP contribution in [0.3, 0.4) is 0 Å². The van der Waals surface area contributed by atoms with Crippen molar-refractivity contribution in [2.45, 2.75) is 77.9 Å². The van der Waals surface area contributed by atoms with E-state index in [4.69, 9.17) is 30.6 Å². The van der Waals surface area contributed by atoms with E-state index >= 15 is 0 Å². The van der Waals surface area contributed by atoms with Crippen LogP contribution in [0.2, 0.25) is 23.2 Å². The van der Waals surface area contributed by atoms with E-state index in [9.17, 15) is 9.18 Å². The maximum Gasteiger partial charge on any atom is 0.408 e. The number of aromatic nitrogens is 3. The Morgan fingerprint density at radius 1 is 1.15 bits per heavy atom. The number of amides is 1. The SMILES string of the molecule is CC(C)(C)OC(=O)NC(CO[Si](C)(C)C(C)(C)C)Cn1ccc(-c2cccc(Oc3ncc(Cl)cc3F)c2)n1. The third-order valence-electron chi connectivity index (χ3n) is 6.34. The maximum absolute atomic E-state index is 14.1. The normalized spacial score (nSPS) is 13.2. The Labute approximate surface area is 236 Å². The Bertz CT molecular complexity index is 1290. The number of nitrogens with zero attached hydrogens (tertiary/aromatic N) is 3. The molecule has 3 aromatic rings. The van der Waals surface area contributed by atoms with Crippen LogP contribution >= 0.6 is 11.6 Å². The van der Waals surface area contributed by atoms with E-state index in [-0.39, 0.29) is 22.0 Å². The molecule has 1 atom stereocenters. The molecule has 0 aliphatic heterocycles. The van der Waals surface area contributed by atoms with Crippen LogP contribution in [0.1, 0.15) is 41.5 Å². The number of ether oxygens (including phenoxy) is 2. The second-order valence-electron chi connectivity index (χ2n) is 11.9. The molecule has 0 radical (unpaired) electrons. The molecule has 2 aromatic heterocycles. The van der Waals surface area contributed by atoms with Crippen molar-refractivity contribution >= 4 is 26.0 Å².